The minimum Gasteiger partial charge on any atom is -0.464 e. The predicted octanol–water partition coefficient (Wildman–Crippen LogP) is 1.65. The third-order valence-corrected chi connectivity index (χ3v) is 5.73. The van der Waals surface area contributed by atoms with Gasteiger partial charge >= 0.3 is 5.97 Å². The normalized spacial score (nSPS) is 12.9. The van der Waals surface area contributed by atoms with Gasteiger partial charge in [0, 0.05) is 16.8 Å². The standard InChI is InChI=1S/C19H18N4O4S/c1-27-19(24)17-16-8-2-11-10-12(20)3-9-15(11)18(16)23(22-17)13-4-6-14(7-5-13)28(21,25)26/h3-7,9-10H,2,8,20H2,1H3,(H2,21,25,26). The molecule has 0 radical (unpaired) electrons. The zero-order chi connectivity index (χ0) is 20.1. The van der Waals surface area contributed by atoms with Crippen molar-refractivity contribution in [3.63, 3.8) is 0 Å². The number of sulfonamides is 1. The smallest absolute Gasteiger partial charge is 0.358 e. The van der Waals surface area contributed by atoms with Crippen LogP contribution < -0.4 is 10.9 Å². The summed E-state index contributed by atoms with van der Waals surface area (Å²) in [5, 5.41) is 9.65. The lowest BCUT2D eigenvalue weighted by atomic mass is 9.88. The van der Waals surface area contributed by atoms with Gasteiger partial charge in [-0.15, -0.1) is 0 Å². The zero-order valence-corrected chi connectivity index (χ0v) is 15.9. The van der Waals surface area contributed by atoms with Gasteiger partial charge in [0.2, 0.25) is 10.0 Å². The van der Waals surface area contributed by atoms with Gasteiger partial charge in [0.15, 0.2) is 5.69 Å². The molecule has 9 heteroatoms. The third-order valence-electron chi connectivity index (χ3n) is 4.80. The predicted molar refractivity (Wildman–Crippen MR) is 104 cm³/mol. The molecule has 0 amide bonds. The molecule has 4 rings (SSSR count). The maximum Gasteiger partial charge on any atom is 0.358 e. The highest BCUT2D eigenvalue weighted by atomic mass is 32.2. The Labute approximate surface area is 161 Å². The highest BCUT2D eigenvalue weighted by Gasteiger charge is 2.29. The van der Waals surface area contributed by atoms with Crippen molar-refractivity contribution in [3.05, 3.63) is 59.3 Å². The molecule has 1 aliphatic rings. The fraction of sp³-hybridized carbons (Fsp3) is 0.158. The van der Waals surface area contributed by atoms with Crippen molar-refractivity contribution in [2.45, 2.75) is 17.7 Å². The van der Waals surface area contributed by atoms with Gasteiger partial charge in [0.1, 0.15) is 0 Å². The number of nitrogens with zero attached hydrogens (tertiary/aromatic N) is 2. The molecule has 1 aromatic heterocycles. The van der Waals surface area contributed by atoms with Crippen LogP contribution in [0.2, 0.25) is 0 Å². The number of carbonyl (C=O) groups is 1. The number of hydrogen-bond donors (Lipinski definition) is 2. The minimum absolute atomic E-state index is 0.00126. The molecule has 4 N–H and O–H groups in total. The molecule has 3 aromatic rings. The molecule has 0 spiro atoms. The van der Waals surface area contributed by atoms with E-state index in [0.717, 1.165) is 28.8 Å². The minimum atomic E-state index is -3.80. The average molecular weight is 398 g/mol. The molecule has 1 heterocycles. The van der Waals surface area contributed by atoms with Gasteiger partial charge in [-0.05, 0) is 54.8 Å². The molecule has 0 saturated carbocycles. The Morgan fingerprint density at radius 1 is 1.14 bits per heavy atom. The molecule has 0 fully saturated rings. The van der Waals surface area contributed by atoms with Crippen LogP contribution in [0.1, 0.15) is 21.6 Å². The van der Waals surface area contributed by atoms with Crippen LogP contribution in [0.3, 0.4) is 0 Å². The number of fused-ring (bicyclic) bond motifs is 3. The topological polar surface area (TPSA) is 130 Å². The summed E-state index contributed by atoms with van der Waals surface area (Å²) < 4.78 is 29.6. The summed E-state index contributed by atoms with van der Waals surface area (Å²) in [6, 6.07) is 11.6. The quantitative estimate of drug-likeness (QED) is 0.510. The molecule has 1 aliphatic carbocycles. The second-order valence-corrected chi connectivity index (χ2v) is 8.10. The first kappa shape index (κ1) is 18.2. The lowest BCUT2D eigenvalue weighted by Gasteiger charge is -2.19. The van der Waals surface area contributed by atoms with Crippen LogP contribution in [0.5, 0.6) is 0 Å². The first-order valence-corrected chi connectivity index (χ1v) is 10.1. The van der Waals surface area contributed by atoms with Gasteiger partial charge in [-0.1, -0.05) is 6.07 Å². The second-order valence-electron chi connectivity index (χ2n) is 6.53. The average Bonchev–Trinajstić information content (AvgIpc) is 3.06. The summed E-state index contributed by atoms with van der Waals surface area (Å²) in [5.74, 6) is -0.518. The highest BCUT2D eigenvalue weighted by Crippen LogP contribution is 2.38. The number of nitrogen functional groups attached to an aromatic ring is 1. The molecule has 0 bridgehead atoms. The van der Waals surface area contributed by atoms with E-state index in [1.165, 1.54) is 19.2 Å². The Hall–Kier alpha value is -3.17. The van der Waals surface area contributed by atoms with E-state index in [1.54, 1.807) is 22.9 Å². The molecule has 28 heavy (non-hydrogen) atoms. The fourth-order valence-electron chi connectivity index (χ4n) is 3.50. The molecule has 0 unspecified atom stereocenters. The van der Waals surface area contributed by atoms with E-state index >= 15 is 0 Å². The summed E-state index contributed by atoms with van der Waals surface area (Å²) >= 11 is 0. The number of rotatable bonds is 3. The Morgan fingerprint density at radius 3 is 2.50 bits per heavy atom. The zero-order valence-electron chi connectivity index (χ0n) is 15.0. The maximum atomic E-state index is 12.3. The summed E-state index contributed by atoms with van der Waals surface area (Å²) in [6.07, 6.45) is 1.35. The van der Waals surface area contributed by atoms with Crippen molar-refractivity contribution in [2.75, 3.05) is 12.8 Å². The Kier molecular flexibility index (Phi) is 4.20. The number of carbonyl (C=O) groups excluding carboxylic acids is 1. The van der Waals surface area contributed by atoms with Crippen LogP contribution in [0.4, 0.5) is 5.69 Å². The van der Waals surface area contributed by atoms with E-state index in [4.69, 9.17) is 15.6 Å². The van der Waals surface area contributed by atoms with Crippen LogP contribution in [0.25, 0.3) is 16.9 Å². The highest BCUT2D eigenvalue weighted by molar-refractivity contribution is 7.89. The van der Waals surface area contributed by atoms with Gasteiger partial charge in [-0.25, -0.2) is 23.0 Å². The molecule has 144 valence electrons. The number of aryl methyl sites for hydroxylation is 1. The summed E-state index contributed by atoms with van der Waals surface area (Å²) in [6.45, 7) is 0. The van der Waals surface area contributed by atoms with Crippen molar-refractivity contribution < 1.29 is 17.9 Å². The number of esters is 1. The van der Waals surface area contributed by atoms with Gasteiger partial charge in [-0.2, -0.15) is 5.10 Å². The van der Waals surface area contributed by atoms with Crippen LogP contribution in [-0.2, 0) is 27.6 Å². The van der Waals surface area contributed by atoms with Gasteiger partial charge < -0.3 is 10.5 Å². The van der Waals surface area contributed by atoms with E-state index in [1.807, 2.05) is 12.1 Å². The molecule has 0 atom stereocenters. The number of benzene rings is 2. The van der Waals surface area contributed by atoms with Gasteiger partial charge in [-0.3, -0.25) is 0 Å². The molecular weight excluding hydrogens is 380 g/mol. The van der Waals surface area contributed by atoms with Crippen molar-refractivity contribution >= 4 is 21.7 Å². The van der Waals surface area contributed by atoms with E-state index in [9.17, 15) is 13.2 Å². The first-order chi connectivity index (χ1) is 13.3. The SMILES string of the molecule is COC(=O)c1nn(-c2ccc(S(N)(=O)=O)cc2)c2c1CCc1cc(N)ccc1-2. The van der Waals surface area contributed by atoms with Crippen LogP contribution in [0.15, 0.2) is 47.4 Å². The maximum absolute atomic E-state index is 12.3. The number of nitrogens with two attached hydrogens (primary N) is 2. The summed E-state index contributed by atoms with van der Waals surface area (Å²) in [5.41, 5.74) is 11.0. The van der Waals surface area contributed by atoms with Crippen LogP contribution in [0, 0.1) is 0 Å². The molecule has 0 aliphatic heterocycles. The molecule has 8 nitrogen and oxygen atoms in total. The number of primary sulfonamides is 1. The van der Waals surface area contributed by atoms with Crippen LogP contribution in [-0.4, -0.2) is 31.3 Å². The largest absolute Gasteiger partial charge is 0.464 e. The summed E-state index contributed by atoms with van der Waals surface area (Å²) in [7, 11) is -2.49. The summed E-state index contributed by atoms with van der Waals surface area (Å²) in [4.78, 5) is 12.3. The monoisotopic (exact) mass is 398 g/mol. The van der Waals surface area contributed by atoms with Crippen molar-refractivity contribution in [1.82, 2.24) is 9.78 Å². The van der Waals surface area contributed by atoms with Gasteiger partial charge in [0.05, 0.1) is 23.4 Å². The third kappa shape index (κ3) is 2.94. The number of ether oxygens (including phenoxy) is 1. The van der Waals surface area contributed by atoms with E-state index < -0.39 is 16.0 Å². The van der Waals surface area contributed by atoms with E-state index in [-0.39, 0.29) is 10.6 Å². The Balaban J connectivity index is 1.95. The van der Waals surface area contributed by atoms with Gasteiger partial charge in [0.25, 0.3) is 0 Å². The Bertz CT molecular complexity index is 1200. The lowest BCUT2D eigenvalue weighted by molar-refractivity contribution is 0.0592. The van der Waals surface area contributed by atoms with Crippen LogP contribution >= 0.6 is 0 Å². The number of aromatic nitrogens is 2. The lowest BCUT2D eigenvalue weighted by Crippen LogP contribution is -2.12. The second kappa shape index (κ2) is 6.47. The van der Waals surface area contributed by atoms with E-state index in [2.05, 4.69) is 5.10 Å². The first-order valence-electron chi connectivity index (χ1n) is 8.52. The fourth-order valence-corrected chi connectivity index (χ4v) is 4.01. The van der Waals surface area contributed by atoms with Crippen molar-refractivity contribution in [1.29, 1.82) is 0 Å². The Morgan fingerprint density at radius 2 is 1.86 bits per heavy atom. The number of anilines is 1. The van der Waals surface area contributed by atoms with Crippen molar-refractivity contribution in [2.24, 2.45) is 5.14 Å². The molecular formula is C19H18N4O4S. The van der Waals surface area contributed by atoms with E-state index in [0.29, 0.717) is 17.8 Å². The van der Waals surface area contributed by atoms with Crippen molar-refractivity contribution in [3.8, 4) is 16.9 Å². The molecule has 0 saturated heterocycles. The number of hydrogen-bond acceptors (Lipinski definition) is 6. The molecule has 2 aromatic carbocycles. The number of methoxy groups -OCH3 is 1.